The van der Waals surface area contributed by atoms with E-state index in [0.717, 1.165) is 16.7 Å². The van der Waals surface area contributed by atoms with Crippen LogP contribution >= 0.6 is 11.6 Å². The minimum absolute atomic E-state index is 0.146. The van der Waals surface area contributed by atoms with E-state index in [1.54, 1.807) is 29.9 Å². The largest absolute Gasteiger partial charge is 0.497 e. The molecule has 0 saturated heterocycles. The van der Waals surface area contributed by atoms with E-state index in [1.165, 1.54) is 12.1 Å². The van der Waals surface area contributed by atoms with E-state index in [4.69, 9.17) is 21.1 Å². The highest BCUT2D eigenvalue weighted by atomic mass is 35.5. The van der Waals surface area contributed by atoms with Crippen LogP contribution in [-0.4, -0.2) is 29.4 Å². The van der Waals surface area contributed by atoms with E-state index in [-0.39, 0.29) is 17.3 Å². The first-order valence-corrected chi connectivity index (χ1v) is 11.6. The van der Waals surface area contributed by atoms with Gasteiger partial charge < -0.3 is 24.5 Å². The molecule has 0 spiro atoms. The Kier molecular flexibility index (Phi) is 7.58. The number of carbonyl (C=O) groups is 1. The average molecular weight is 497 g/mol. The molecular formula is C27H26ClFN2O4. The monoisotopic (exact) mass is 496 g/mol. The summed E-state index contributed by atoms with van der Waals surface area (Å²) in [5.74, 6) is -0.0973. The van der Waals surface area contributed by atoms with E-state index in [2.05, 4.69) is 5.32 Å². The van der Waals surface area contributed by atoms with Crippen molar-refractivity contribution >= 4 is 28.5 Å². The Morgan fingerprint density at radius 1 is 1.06 bits per heavy atom. The van der Waals surface area contributed by atoms with Gasteiger partial charge in [-0.05, 0) is 54.4 Å². The van der Waals surface area contributed by atoms with Crippen molar-refractivity contribution in [1.82, 2.24) is 9.88 Å². The normalized spacial score (nSPS) is 11.1. The van der Waals surface area contributed by atoms with Gasteiger partial charge in [-0.1, -0.05) is 29.8 Å². The molecule has 3 aromatic carbocycles. The van der Waals surface area contributed by atoms with Crippen LogP contribution < -0.4 is 14.8 Å². The number of carboxylic acids is 1. The van der Waals surface area contributed by atoms with Crippen LogP contribution in [0.5, 0.6) is 11.5 Å². The molecule has 0 atom stereocenters. The van der Waals surface area contributed by atoms with Gasteiger partial charge in [-0.3, -0.25) is 0 Å². The number of ether oxygens (including phenoxy) is 2. The van der Waals surface area contributed by atoms with Crippen molar-refractivity contribution in [3.8, 4) is 11.5 Å². The number of nitrogens with one attached hydrogen (secondary N) is 1. The number of methoxy groups -OCH3 is 1. The lowest BCUT2D eigenvalue weighted by Crippen LogP contribution is -2.17. The number of halogens is 2. The van der Waals surface area contributed by atoms with Crippen molar-refractivity contribution in [2.24, 2.45) is 0 Å². The Labute approximate surface area is 207 Å². The van der Waals surface area contributed by atoms with Crippen molar-refractivity contribution in [2.45, 2.75) is 26.6 Å². The van der Waals surface area contributed by atoms with Crippen LogP contribution in [0.25, 0.3) is 10.9 Å². The van der Waals surface area contributed by atoms with Gasteiger partial charge in [0.1, 0.15) is 23.0 Å². The molecule has 8 heteroatoms. The predicted molar refractivity (Wildman–Crippen MR) is 134 cm³/mol. The van der Waals surface area contributed by atoms with Crippen molar-refractivity contribution in [2.75, 3.05) is 13.7 Å². The fraction of sp³-hybridized carbons (Fsp3) is 0.222. The molecule has 0 amide bonds. The summed E-state index contributed by atoms with van der Waals surface area (Å²) < 4.78 is 26.1. The lowest BCUT2D eigenvalue weighted by molar-refractivity contribution is 0.0684. The fourth-order valence-electron chi connectivity index (χ4n) is 4.14. The summed E-state index contributed by atoms with van der Waals surface area (Å²) in [6.45, 7) is 3.60. The molecule has 0 radical (unpaired) electrons. The minimum atomic E-state index is -1.06. The number of fused-ring (bicyclic) bond motifs is 1. The van der Waals surface area contributed by atoms with Crippen molar-refractivity contribution < 1.29 is 23.8 Å². The summed E-state index contributed by atoms with van der Waals surface area (Å²) in [6, 6.07) is 17.3. The highest BCUT2D eigenvalue weighted by molar-refractivity contribution is 6.31. The number of aromatic nitrogens is 1. The SMILES string of the molecule is CCOc1ccc(CNCc2c(C(=O)O)n(Cc3ccc(F)cc3Cl)c3cc(OC)ccc23)cc1. The summed E-state index contributed by atoms with van der Waals surface area (Å²) >= 11 is 6.26. The quantitative estimate of drug-likeness (QED) is 0.287. The molecule has 2 N–H and O–H groups in total. The standard InChI is InChI=1S/C27H26ClFN2O4/c1-3-35-20-8-4-17(5-9-20)14-30-15-23-22-11-10-21(34-2)13-25(22)31(26(23)27(32)33)16-18-6-7-19(29)12-24(18)28/h4-13,30H,3,14-16H2,1-2H3,(H,32,33). The third-order valence-corrected chi connectivity index (χ3v) is 6.14. The molecule has 0 saturated carbocycles. The molecule has 1 heterocycles. The Morgan fingerprint density at radius 3 is 2.46 bits per heavy atom. The topological polar surface area (TPSA) is 72.7 Å². The molecule has 4 aromatic rings. The number of rotatable bonds is 10. The zero-order chi connectivity index (χ0) is 24.9. The first-order chi connectivity index (χ1) is 16.9. The molecule has 4 rings (SSSR count). The minimum Gasteiger partial charge on any atom is -0.497 e. The van der Waals surface area contributed by atoms with Crippen molar-refractivity contribution in [1.29, 1.82) is 0 Å². The van der Waals surface area contributed by atoms with Gasteiger partial charge in [0.15, 0.2) is 0 Å². The van der Waals surface area contributed by atoms with Gasteiger partial charge in [0.2, 0.25) is 0 Å². The molecule has 0 unspecified atom stereocenters. The molecule has 0 fully saturated rings. The summed E-state index contributed by atoms with van der Waals surface area (Å²) in [7, 11) is 1.56. The molecule has 182 valence electrons. The first-order valence-electron chi connectivity index (χ1n) is 11.2. The van der Waals surface area contributed by atoms with E-state index >= 15 is 0 Å². The third-order valence-electron chi connectivity index (χ3n) is 5.79. The molecule has 6 nitrogen and oxygen atoms in total. The van der Waals surface area contributed by atoms with E-state index < -0.39 is 11.8 Å². The van der Waals surface area contributed by atoms with Crippen LogP contribution in [0.3, 0.4) is 0 Å². The molecular weight excluding hydrogens is 471 g/mol. The van der Waals surface area contributed by atoms with E-state index in [1.807, 2.05) is 37.3 Å². The molecule has 0 bridgehead atoms. The Morgan fingerprint density at radius 2 is 1.80 bits per heavy atom. The second-order valence-electron chi connectivity index (χ2n) is 8.02. The first kappa shape index (κ1) is 24.6. The summed E-state index contributed by atoms with van der Waals surface area (Å²) in [6.07, 6.45) is 0. The van der Waals surface area contributed by atoms with Gasteiger partial charge in [-0.2, -0.15) is 0 Å². The maximum absolute atomic E-state index is 13.6. The average Bonchev–Trinajstić information content (AvgIpc) is 3.14. The maximum atomic E-state index is 13.6. The lowest BCUT2D eigenvalue weighted by atomic mass is 10.1. The van der Waals surface area contributed by atoms with Crippen molar-refractivity contribution in [3.05, 3.63) is 93.9 Å². The molecule has 1 aromatic heterocycles. The number of aromatic carboxylic acids is 1. The molecule has 0 aliphatic rings. The predicted octanol–water partition coefficient (Wildman–Crippen LogP) is 5.88. The van der Waals surface area contributed by atoms with E-state index in [0.29, 0.717) is 42.1 Å². The van der Waals surface area contributed by atoms with Gasteiger partial charge in [0.05, 0.1) is 19.2 Å². The van der Waals surface area contributed by atoms with Crippen LogP contribution in [0.1, 0.15) is 34.1 Å². The summed E-state index contributed by atoms with van der Waals surface area (Å²) in [4.78, 5) is 12.4. The van der Waals surface area contributed by atoms with Crippen LogP contribution in [0, 0.1) is 5.82 Å². The van der Waals surface area contributed by atoms with Crippen LogP contribution in [-0.2, 0) is 19.6 Å². The second kappa shape index (κ2) is 10.8. The van der Waals surface area contributed by atoms with Crippen LogP contribution in [0.4, 0.5) is 4.39 Å². The third kappa shape index (κ3) is 5.42. The zero-order valence-electron chi connectivity index (χ0n) is 19.5. The Hall–Kier alpha value is -3.55. The van der Waals surface area contributed by atoms with Gasteiger partial charge in [-0.15, -0.1) is 0 Å². The maximum Gasteiger partial charge on any atom is 0.352 e. The molecule has 35 heavy (non-hydrogen) atoms. The van der Waals surface area contributed by atoms with Gasteiger partial charge in [0, 0.05) is 41.7 Å². The smallest absolute Gasteiger partial charge is 0.352 e. The highest BCUT2D eigenvalue weighted by Gasteiger charge is 2.23. The lowest BCUT2D eigenvalue weighted by Gasteiger charge is -2.12. The van der Waals surface area contributed by atoms with Gasteiger partial charge >= 0.3 is 5.97 Å². The molecule has 0 aliphatic heterocycles. The number of carboxylic acid groups (broad SMARTS) is 1. The Balaban J connectivity index is 1.69. The highest BCUT2D eigenvalue weighted by Crippen LogP contribution is 2.32. The van der Waals surface area contributed by atoms with Crippen LogP contribution in [0.2, 0.25) is 5.02 Å². The zero-order valence-corrected chi connectivity index (χ0v) is 20.2. The number of nitrogens with zero attached hydrogens (tertiary/aromatic N) is 1. The number of hydrogen-bond acceptors (Lipinski definition) is 4. The summed E-state index contributed by atoms with van der Waals surface area (Å²) in [5, 5.41) is 14.6. The fourth-order valence-corrected chi connectivity index (χ4v) is 4.36. The number of hydrogen-bond donors (Lipinski definition) is 2. The van der Waals surface area contributed by atoms with Crippen LogP contribution in [0.15, 0.2) is 60.7 Å². The summed E-state index contributed by atoms with van der Waals surface area (Å²) in [5.41, 5.74) is 3.16. The van der Waals surface area contributed by atoms with Crippen molar-refractivity contribution in [3.63, 3.8) is 0 Å². The van der Waals surface area contributed by atoms with Gasteiger partial charge in [-0.25, -0.2) is 9.18 Å². The van der Waals surface area contributed by atoms with Gasteiger partial charge in [0.25, 0.3) is 0 Å². The molecule has 0 aliphatic carbocycles. The van der Waals surface area contributed by atoms with E-state index in [9.17, 15) is 14.3 Å². The number of benzene rings is 3. The Bertz CT molecular complexity index is 1350. The second-order valence-corrected chi connectivity index (χ2v) is 8.42.